The van der Waals surface area contributed by atoms with Crippen LogP contribution in [-0.4, -0.2) is 23.0 Å². The average Bonchev–Trinajstić information content (AvgIpc) is 2.19. The van der Waals surface area contributed by atoms with E-state index in [0.29, 0.717) is 6.17 Å². The summed E-state index contributed by atoms with van der Waals surface area (Å²) in [7, 11) is 1.60. The van der Waals surface area contributed by atoms with E-state index in [0.717, 1.165) is 5.69 Å². The van der Waals surface area contributed by atoms with Crippen LogP contribution in [0.2, 0.25) is 0 Å². The Morgan fingerprint density at radius 1 is 1.31 bits per heavy atom. The van der Waals surface area contributed by atoms with Crippen LogP contribution < -0.4 is 5.32 Å². The third kappa shape index (κ3) is 4.64. The van der Waals surface area contributed by atoms with Gasteiger partial charge in [-0.3, -0.25) is 4.58 Å². The van der Waals surface area contributed by atoms with Gasteiger partial charge in [0.2, 0.25) is 0 Å². The quantitative estimate of drug-likeness (QED) is 0.322. The van der Waals surface area contributed by atoms with Crippen molar-refractivity contribution in [1.82, 2.24) is 0 Å². The maximum absolute atomic E-state index is 4.65. The molecule has 0 aliphatic rings. The van der Waals surface area contributed by atoms with E-state index >= 15 is 0 Å². The smallest absolute Gasteiger partial charge is 0.308 e. The fraction of sp³-hybridized carbons (Fsp3) is 0.250. The van der Waals surface area contributed by atoms with Crippen molar-refractivity contribution in [2.45, 2.75) is 0 Å². The van der Waals surface area contributed by atoms with Gasteiger partial charge in [-0.1, -0.05) is 23.2 Å². The van der Waals surface area contributed by atoms with Crippen LogP contribution in [-0.2, 0) is 14.5 Å². The Labute approximate surface area is 79.6 Å². The predicted molar refractivity (Wildman–Crippen MR) is 49.9 cm³/mol. The van der Waals surface area contributed by atoms with Crippen molar-refractivity contribution in [1.29, 1.82) is 0 Å². The highest BCUT2D eigenvalue weighted by Gasteiger charge is 1.93. The van der Waals surface area contributed by atoms with E-state index in [9.17, 15) is 0 Å². The molecule has 4 nitrogen and oxygen atoms in total. The summed E-state index contributed by atoms with van der Waals surface area (Å²) in [5.74, 6) is 0. The van der Waals surface area contributed by atoms with Gasteiger partial charge in [0, 0.05) is 11.9 Å². The number of nitrogens with one attached hydrogen (secondary N) is 1. The van der Waals surface area contributed by atoms with Gasteiger partial charge < -0.3 is 5.32 Å². The summed E-state index contributed by atoms with van der Waals surface area (Å²) in [6.07, 6.45) is 0.702. The van der Waals surface area contributed by atoms with Gasteiger partial charge in [0.25, 0.3) is 0 Å². The van der Waals surface area contributed by atoms with Crippen LogP contribution in [0.15, 0.2) is 30.3 Å². The lowest BCUT2D eigenvalue weighted by atomic mass is 10.3. The molecular formula is C8H11NO3Si. The molecule has 13 heavy (non-hydrogen) atoms. The topological polar surface area (TPSA) is 39.7 Å². The molecule has 1 N–H and O–H groups in total. The average molecular weight is 197 g/mol. The zero-order valence-corrected chi connectivity index (χ0v) is 8.32. The SMILES string of the molecule is COOO[Si]CNc1ccccc1. The molecule has 0 atom stereocenters. The van der Waals surface area contributed by atoms with Gasteiger partial charge in [0.05, 0.1) is 7.11 Å². The molecule has 1 aromatic carbocycles. The number of hydrogen-bond donors (Lipinski definition) is 1. The molecule has 0 heterocycles. The molecule has 0 aromatic heterocycles. The van der Waals surface area contributed by atoms with Crippen molar-refractivity contribution in [3.05, 3.63) is 30.3 Å². The van der Waals surface area contributed by atoms with Crippen molar-refractivity contribution in [3.8, 4) is 0 Å². The first-order valence-electron chi connectivity index (χ1n) is 3.81. The predicted octanol–water partition coefficient (Wildman–Crippen LogP) is 1.18. The molecule has 5 heteroatoms. The second kappa shape index (κ2) is 6.61. The highest BCUT2D eigenvalue weighted by atomic mass is 28.2. The summed E-state index contributed by atoms with van der Waals surface area (Å²) in [5, 5.41) is 7.40. The van der Waals surface area contributed by atoms with Crippen LogP contribution in [0.3, 0.4) is 0 Å². The van der Waals surface area contributed by atoms with Gasteiger partial charge >= 0.3 is 9.76 Å². The van der Waals surface area contributed by atoms with Crippen molar-refractivity contribution in [3.63, 3.8) is 0 Å². The summed E-state index contributed by atoms with van der Waals surface area (Å²) in [5.41, 5.74) is 1.07. The molecule has 0 spiro atoms. The highest BCUT2D eigenvalue weighted by molar-refractivity contribution is 6.27. The molecule has 0 unspecified atom stereocenters. The fourth-order valence-electron chi connectivity index (χ4n) is 0.782. The van der Waals surface area contributed by atoms with E-state index in [4.69, 9.17) is 0 Å². The van der Waals surface area contributed by atoms with Crippen LogP contribution in [0.4, 0.5) is 5.69 Å². The number of benzene rings is 1. The normalized spacial score (nSPS) is 9.92. The van der Waals surface area contributed by atoms with E-state index < -0.39 is 0 Å². The van der Waals surface area contributed by atoms with Gasteiger partial charge in [0.1, 0.15) is 0 Å². The Morgan fingerprint density at radius 2 is 2.08 bits per heavy atom. The summed E-state index contributed by atoms with van der Waals surface area (Å²) in [6, 6.07) is 9.89. The van der Waals surface area contributed by atoms with Crippen molar-refractivity contribution >= 4 is 15.5 Å². The van der Waals surface area contributed by atoms with E-state index in [1.165, 1.54) is 7.11 Å². The molecular weight excluding hydrogens is 186 g/mol. The molecule has 0 saturated carbocycles. The molecule has 1 aromatic rings. The third-order valence-corrected chi connectivity index (χ3v) is 1.81. The molecule has 70 valence electrons. The minimum Gasteiger partial charge on any atom is -0.386 e. The molecule has 0 bridgehead atoms. The summed E-state index contributed by atoms with van der Waals surface area (Å²) >= 11 is 0. The van der Waals surface area contributed by atoms with Gasteiger partial charge in [-0.15, -0.1) is 0 Å². The second-order valence-corrected chi connectivity index (χ2v) is 2.99. The standard InChI is InChI=1S/C8H11NO3Si/c1-10-11-12-13-7-9-8-5-3-2-4-6-8/h2-6,9H,7H2,1H3. The molecule has 0 aliphatic carbocycles. The Morgan fingerprint density at radius 3 is 2.77 bits per heavy atom. The first-order chi connectivity index (χ1) is 6.43. The number of rotatable bonds is 6. The summed E-state index contributed by atoms with van der Waals surface area (Å²) < 4.78 is 4.65. The monoisotopic (exact) mass is 197 g/mol. The molecule has 1 rings (SSSR count). The molecule has 0 amide bonds. The maximum atomic E-state index is 4.65. The minimum absolute atomic E-state index is 0.206. The van der Waals surface area contributed by atoms with Gasteiger partial charge in [-0.2, -0.15) is 0 Å². The van der Waals surface area contributed by atoms with Crippen LogP contribution in [0.5, 0.6) is 0 Å². The maximum Gasteiger partial charge on any atom is 0.308 e. The lowest BCUT2D eigenvalue weighted by Crippen LogP contribution is -2.13. The van der Waals surface area contributed by atoms with Gasteiger partial charge in [0.15, 0.2) is 0 Å². The van der Waals surface area contributed by atoms with Gasteiger partial charge in [-0.05, 0) is 12.1 Å². The molecule has 2 radical (unpaired) electrons. The van der Waals surface area contributed by atoms with E-state index in [-0.39, 0.29) is 9.76 Å². The Balaban J connectivity index is 2.07. The number of para-hydroxylation sites is 1. The number of anilines is 1. The van der Waals surface area contributed by atoms with E-state index in [1.807, 2.05) is 30.3 Å². The van der Waals surface area contributed by atoms with Crippen molar-refractivity contribution in [2.75, 3.05) is 18.6 Å². The molecule has 0 fully saturated rings. The van der Waals surface area contributed by atoms with Crippen molar-refractivity contribution in [2.24, 2.45) is 0 Å². The molecule has 0 aliphatic heterocycles. The zero-order valence-electron chi connectivity index (χ0n) is 7.32. The second-order valence-electron chi connectivity index (χ2n) is 2.18. The van der Waals surface area contributed by atoms with Gasteiger partial charge in [-0.25, -0.2) is 4.89 Å². The van der Waals surface area contributed by atoms with E-state index in [1.54, 1.807) is 0 Å². The lowest BCUT2D eigenvalue weighted by Gasteiger charge is -2.03. The molecule has 0 saturated heterocycles. The summed E-state index contributed by atoms with van der Waals surface area (Å²) in [4.78, 5) is 4.25. The minimum atomic E-state index is 0.206. The lowest BCUT2D eigenvalue weighted by molar-refractivity contribution is -0.456. The fourth-order valence-corrected chi connectivity index (χ4v) is 1.23. The van der Waals surface area contributed by atoms with Crippen LogP contribution in [0, 0.1) is 0 Å². The Bertz CT molecular complexity index is 220. The van der Waals surface area contributed by atoms with Crippen molar-refractivity contribution < 1.29 is 14.5 Å². The summed E-state index contributed by atoms with van der Waals surface area (Å²) in [6.45, 7) is 0. The highest BCUT2D eigenvalue weighted by Crippen LogP contribution is 2.03. The zero-order chi connectivity index (χ0) is 9.36. The van der Waals surface area contributed by atoms with Crippen LogP contribution in [0.1, 0.15) is 0 Å². The first-order valence-corrected chi connectivity index (χ1v) is 4.93. The third-order valence-electron chi connectivity index (χ3n) is 1.30. The Hall–Kier alpha value is -0.883. The largest absolute Gasteiger partial charge is 0.386 e. The number of hydrogen-bond acceptors (Lipinski definition) is 4. The first kappa shape index (κ1) is 10.2. The Kier molecular flexibility index (Phi) is 5.19. The van der Waals surface area contributed by atoms with E-state index in [2.05, 4.69) is 19.8 Å². The van der Waals surface area contributed by atoms with Crippen LogP contribution >= 0.6 is 0 Å². The van der Waals surface area contributed by atoms with Crippen LogP contribution in [0.25, 0.3) is 0 Å².